The summed E-state index contributed by atoms with van der Waals surface area (Å²) in [6.07, 6.45) is 5.17. The van der Waals surface area contributed by atoms with E-state index in [1.807, 2.05) is 20.9 Å². The second-order valence-electron chi connectivity index (χ2n) is 5.18. The second kappa shape index (κ2) is 7.89. The van der Waals surface area contributed by atoms with Crippen LogP contribution in [0.15, 0.2) is 6.33 Å². The van der Waals surface area contributed by atoms with Crippen molar-refractivity contribution in [1.29, 1.82) is 0 Å². The lowest BCUT2D eigenvalue weighted by atomic mass is 10.0. The number of nitrogens with two attached hydrogens (primary N) is 1. The smallest absolute Gasteiger partial charge is 0.222 e. The third-order valence-electron chi connectivity index (χ3n) is 3.04. The van der Waals surface area contributed by atoms with Crippen LogP contribution < -0.4 is 11.1 Å². The predicted octanol–water partition coefficient (Wildman–Crippen LogP) is 0.627. The molecule has 0 aliphatic heterocycles. The van der Waals surface area contributed by atoms with Crippen molar-refractivity contribution in [2.45, 2.75) is 45.6 Å². The summed E-state index contributed by atoms with van der Waals surface area (Å²) in [6, 6.07) is 0.213. The van der Waals surface area contributed by atoms with E-state index in [4.69, 9.17) is 5.73 Å². The lowest BCUT2D eigenvalue weighted by molar-refractivity contribution is -0.124. The largest absolute Gasteiger partial charge is 0.355 e. The first kappa shape index (κ1) is 15.6. The molecule has 0 saturated carbocycles. The SMILES string of the molecule is CC(N)CCCC(C)C(=O)NCCc1ncn(C)n1. The van der Waals surface area contributed by atoms with Crippen LogP contribution in [-0.4, -0.2) is 33.3 Å². The van der Waals surface area contributed by atoms with Crippen molar-refractivity contribution in [2.24, 2.45) is 18.7 Å². The molecule has 0 spiro atoms. The maximum absolute atomic E-state index is 11.8. The van der Waals surface area contributed by atoms with Crippen LogP contribution in [0.2, 0.25) is 0 Å². The fraction of sp³-hybridized carbons (Fsp3) is 0.769. The van der Waals surface area contributed by atoms with Crippen LogP contribution in [0, 0.1) is 5.92 Å². The minimum absolute atomic E-state index is 0.0374. The molecule has 1 amide bonds. The van der Waals surface area contributed by atoms with Gasteiger partial charge < -0.3 is 11.1 Å². The third-order valence-corrected chi connectivity index (χ3v) is 3.04. The van der Waals surface area contributed by atoms with Crippen LogP contribution in [0.5, 0.6) is 0 Å². The Bertz CT molecular complexity index is 388. The molecule has 1 aromatic rings. The molecule has 2 unspecified atom stereocenters. The maximum Gasteiger partial charge on any atom is 0.222 e. The van der Waals surface area contributed by atoms with E-state index in [1.165, 1.54) is 0 Å². The van der Waals surface area contributed by atoms with Gasteiger partial charge in [0.2, 0.25) is 5.91 Å². The Kier molecular flexibility index (Phi) is 6.49. The number of amides is 1. The van der Waals surface area contributed by atoms with Gasteiger partial charge in [0.05, 0.1) is 0 Å². The summed E-state index contributed by atoms with van der Waals surface area (Å²) in [6.45, 7) is 4.53. The number of nitrogens with zero attached hydrogens (tertiary/aromatic N) is 3. The van der Waals surface area contributed by atoms with E-state index in [-0.39, 0.29) is 17.9 Å². The number of hydrogen-bond donors (Lipinski definition) is 2. The molecule has 1 rings (SSSR count). The molecule has 108 valence electrons. The van der Waals surface area contributed by atoms with E-state index in [2.05, 4.69) is 15.4 Å². The number of aryl methyl sites for hydroxylation is 1. The van der Waals surface area contributed by atoms with Crippen LogP contribution in [0.3, 0.4) is 0 Å². The van der Waals surface area contributed by atoms with Crippen molar-refractivity contribution in [3.63, 3.8) is 0 Å². The molecular formula is C13H25N5O. The van der Waals surface area contributed by atoms with Gasteiger partial charge in [-0.2, -0.15) is 5.10 Å². The van der Waals surface area contributed by atoms with Gasteiger partial charge in [0.25, 0.3) is 0 Å². The standard InChI is InChI=1S/C13H25N5O/c1-10(5-4-6-11(2)14)13(19)15-8-7-12-16-9-18(3)17-12/h9-11H,4-8,14H2,1-3H3,(H,15,19). The van der Waals surface area contributed by atoms with E-state index in [9.17, 15) is 4.79 Å². The molecule has 19 heavy (non-hydrogen) atoms. The Balaban J connectivity index is 2.16. The number of rotatable bonds is 8. The highest BCUT2D eigenvalue weighted by molar-refractivity contribution is 5.78. The first-order chi connectivity index (χ1) is 8.99. The van der Waals surface area contributed by atoms with Crippen molar-refractivity contribution < 1.29 is 4.79 Å². The molecule has 0 bridgehead atoms. The zero-order valence-electron chi connectivity index (χ0n) is 12.1. The van der Waals surface area contributed by atoms with Crippen LogP contribution >= 0.6 is 0 Å². The molecule has 2 atom stereocenters. The Labute approximate surface area is 114 Å². The van der Waals surface area contributed by atoms with Crippen molar-refractivity contribution >= 4 is 5.91 Å². The van der Waals surface area contributed by atoms with Crippen molar-refractivity contribution in [1.82, 2.24) is 20.1 Å². The summed E-state index contributed by atoms with van der Waals surface area (Å²) in [5.74, 6) is 0.892. The molecule has 0 radical (unpaired) electrons. The molecule has 0 aromatic carbocycles. The molecule has 0 aliphatic rings. The van der Waals surface area contributed by atoms with Crippen LogP contribution in [0.4, 0.5) is 0 Å². The summed E-state index contributed by atoms with van der Waals surface area (Å²) >= 11 is 0. The van der Waals surface area contributed by atoms with Gasteiger partial charge in [0.1, 0.15) is 6.33 Å². The van der Waals surface area contributed by atoms with E-state index < -0.39 is 0 Å². The van der Waals surface area contributed by atoms with Gasteiger partial charge >= 0.3 is 0 Å². The summed E-state index contributed by atoms with van der Waals surface area (Å²) in [5.41, 5.74) is 5.68. The fourth-order valence-electron chi connectivity index (χ4n) is 1.85. The fourth-order valence-corrected chi connectivity index (χ4v) is 1.85. The van der Waals surface area contributed by atoms with Gasteiger partial charge in [-0.05, 0) is 19.8 Å². The average Bonchev–Trinajstić information content (AvgIpc) is 2.74. The van der Waals surface area contributed by atoms with E-state index in [1.54, 1.807) is 11.0 Å². The van der Waals surface area contributed by atoms with Gasteiger partial charge in [-0.3, -0.25) is 9.48 Å². The van der Waals surface area contributed by atoms with Crippen LogP contribution in [-0.2, 0) is 18.3 Å². The number of nitrogens with one attached hydrogen (secondary N) is 1. The van der Waals surface area contributed by atoms with Crippen molar-refractivity contribution in [3.05, 3.63) is 12.2 Å². The van der Waals surface area contributed by atoms with Crippen LogP contribution in [0.1, 0.15) is 38.9 Å². The average molecular weight is 267 g/mol. The van der Waals surface area contributed by atoms with Crippen molar-refractivity contribution in [2.75, 3.05) is 6.54 Å². The molecule has 0 fully saturated rings. The Morgan fingerprint density at radius 1 is 1.47 bits per heavy atom. The Morgan fingerprint density at radius 3 is 2.79 bits per heavy atom. The Hall–Kier alpha value is -1.43. The third kappa shape index (κ3) is 6.33. The molecule has 6 nitrogen and oxygen atoms in total. The van der Waals surface area contributed by atoms with E-state index >= 15 is 0 Å². The number of carbonyl (C=O) groups is 1. The first-order valence-electron chi connectivity index (χ1n) is 6.87. The van der Waals surface area contributed by atoms with Gasteiger partial charge in [-0.1, -0.05) is 13.3 Å². The number of aromatic nitrogens is 3. The first-order valence-corrected chi connectivity index (χ1v) is 6.87. The summed E-state index contributed by atoms with van der Waals surface area (Å²) in [5, 5.41) is 7.08. The van der Waals surface area contributed by atoms with Gasteiger partial charge in [-0.15, -0.1) is 0 Å². The van der Waals surface area contributed by atoms with Gasteiger partial charge in [0, 0.05) is 32.0 Å². The van der Waals surface area contributed by atoms with E-state index in [0.29, 0.717) is 13.0 Å². The number of hydrogen-bond acceptors (Lipinski definition) is 4. The van der Waals surface area contributed by atoms with Crippen molar-refractivity contribution in [3.8, 4) is 0 Å². The minimum Gasteiger partial charge on any atom is -0.355 e. The summed E-state index contributed by atoms with van der Waals surface area (Å²) < 4.78 is 1.66. The highest BCUT2D eigenvalue weighted by atomic mass is 16.1. The number of carbonyl (C=O) groups excluding carboxylic acids is 1. The zero-order valence-corrected chi connectivity index (χ0v) is 12.1. The highest BCUT2D eigenvalue weighted by Gasteiger charge is 2.12. The predicted molar refractivity (Wildman–Crippen MR) is 74.4 cm³/mol. The van der Waals surface area contributed by atoms with Gasteiger partial charge in [0.15, 0.2) is 5.82 Å². The van der Waals surface area contributed by atoms with E-state index in [0.717, 1.165) is 25.1 Å². The topological polar surface area (TPSA) is 85.8 Å². The molecular weight excluding hydrogens is 242 g/mol. The lowest BCUT2D eigenvalue weighted by Gasteiger charge is -2.12. The highest BCUT2D eigenvalue weighted by Crippen LogP contribution is 2.08. The molecule has 3 N–H and O–H groups in total. The quantitative estimate of drug-likeness (QED) is 0.723. The summed E-state index contributed by atoms with van der Waals surface area (Å²) in [7, 11) is 1.83. The Morgan fingerprint density at radius 2 is 2.21 bits per heavy atom. The lowest BCUT2D eigenvalue weighted by Crippen LogP contribution is -2.31. The zero-order chi connectivity index (χ0) is 14.3. The monoisotopic (exact) mass is 267 g/mol. The molecule has 1 heterocycles. The molecule has 0 saturated heterocycles. The van der Waals surface area contributed by atoms with Gasteiger partial charge in [-0.25, -0.2) is 4.98 Å². The molecule has 0 aliphatic carbocycles. The van der Waals surface area contributed by atoms with Crippen LogP contribution in [0.25, 0.3) is 0 Å². The molecule has 1 aromatic heterocycles. The normalized spacial score (nSPS) is 14.1. The second-order valence-corrected chi connectivity index (χ2v) is 5.18. The maximum atomic E-state index is 11.8. The molecule has 6 heteroatoms. The minimum atomic E-state index is 0.0374. The summed E-state index contributed by atoms with van der Waals surface area (Å²) in [4.78, 5) is 15.9.